The summed E-state index contributed by atoms with van der Waals surface area (Å²) in [5.74, 6) is 0.0986. The van der Waals surface area contributed by atoms with Crippen molar-refractivity contribution in [1.82, 2.24) is 5.32 Å². The number of nitrogens with two attached hydrogens (primary N) is 1. The van der Waals surface area contributed by atoms with Gasteiger partial charge in [0.15, 0.2) is 11.5 Å². The van der Waals surface area contributed by atoms with Crippen LogP contribution < -0.4 is 20.5 Å². The maximum atomic E-state index is 13.2. The summed E-state index contributed by atoms with van der Waals surface area (Å²) in [6.07, 6.45) is -4.38. The molecule has 36 heavy (non-hydrogen) atoms. The molecule has 4 atom stereocenters. The van der Waals surface area contributed by atoms with E-state index in [0.29, 0.717) is 44.5 Å². The number of amides is 1. The van der Waals surface area contributed by atoms with Crippen molar-refractivity contribution >= 4 is 5.91 Å². The summed E-state index contributed by atoms with van der Waals surface area (Å²) in [6, 6.07) is 4.91. The van der Waals surface area contributed by atoms with Gasteiger partial charge in [0.2, 0.25) is 5.60 Å². The average Bonchev–Trinajstić information content (AvgIpc) is 2.83. The second-order valence-corrected chi connectivity index (χ2v) is 9.30. The van der Waals surface area contributed by atoms with Crippen molar-refractivity contribution in [2.24, 2.45) is 17.6 Å². The van der Waals surface area contributed by atoms with Crippen molar-refractivity contribution in [3.63, 3.8) is 0 Å². The highest BCUT2D eigenvalue weighted by Gasteiger charge is 2.57. The van der Waals surface area contributed by atoms with Crippen molar-refractivity contribution in [2.45, 2.75) is 64.0 Å². The van der Waals surface area contributed by atoms with E-state index in [1.54, 1.807) is 14.2 Å². The number of aliphatic hydroxyl groups excluding tert-OH is 1. The molecule has 208 valence electrons. The van der Waals surface area contributed by atoms with Gasteiger partial charge in [0, 0.05) is 39.8 Å². The quantitative estimate of drug-likeness (QED) is 0.286. The number of aliphatic hydroxyl groups is 1. The van der Waals surface area contributed by atoms with E-state index < -0.39 is 36.4 Å². The number of carbonyl (C=O) groups is 1. The number of carbonyl (C=O) groups excluding carboxylic acids is 1. The first-order valence-corrected chi connectivity index (χ1v) is 11.9. The van der Waals surface area contributed by atoms with Crippen molar-refractivity contribution in [3.05, 3.63) is 23.8 Å². The van der Waals surface area contributed by atoms with Crippen molar-refractivity contribution in [3.8, 4) is 11.5 Å². The first kappa shape index (κ1) is 31.9. The van der Waals surface area contributed by atoms with Gasteiger partial charge in [0.1, 0.15) is 0 Å². The van der Waals surface area contributed by atoms with Crippen molar-refractivity contribution in [2.75, 3.05) is 41.1 Å². The first-order valence-electron chi connectivity index (χ1n) is 11.9. The number of ether oxygens (including phenoxy) is 4. The Balaban J connectivity index is 2.81. The van der Waals surface area contributed by atoms with Gasteiger partial charge in [-0.05, 0) is 49.3 Å². The minimum atomic E-state index is -4.91. The minimum absolute atomic E-state index is 0.0551. The Hall–Kier alpha value is -2.08. The van der Waals surface area contributed by atoms with E-state index in [4.69, 9.17) is 19.9 Å². The van der Waals surface area contributed by atoms with Crippen LogP contribution in [-0.4, -0.2) is 76.0 Å². The average molecular weight is 523 g/mol. The second kappa shape index (κ2) is 14.6. The van der Waals surface area contributed by atoms with Gasteiger partial charge < -0.3 is 35.1 Å². The molecule has 1 aromatic rings. The summed E-state index contributed by atoms with van der Waals surface area (Å²) in [4.78, 5) is 12.1. The predicted molar refractivity (Wildman–Crippen MR) is 130 cm³/mol. The van der Waals surface area contributed by atoms with Crippen LogP contribution in [0.1, 0.15) is 39.2 Å². The molecule has 0 spiro atoms. The number of nitrogens with one attached hydrogen (secondary N) is 1. The second-order valence-electron chi connectivity index (χ2n) is 9.30. The molecule has 0 bridgehead atoms. The molecule has 0 unspecified atom stereocenters. The topological polar surface area (TPSA) is 112 Å². The van der Waals surface area contributed by atoms with Crippen LogP contribution in [0.4, 0.5) is 13.2 Å². The highest BCUT2D eigenvalue weighted by atomic mass is 19.4. The standard InChI is InChI=1S/C25H41F3N2O6/c1-16(2)18(12-17-8-9-21(34-5)22(13-17)36-11-7-10-33-4)14-19(29)20(31)15-30-23(32)24(3,35-6)25(26,27)28/h8-9,13,16,18-20,31H,7,10-12,14-15,29H2,1-6H3,(H,30,32)/t18-,19-,20-,24+/m0/s1. The zero-order chi connectivity index (χ0) is 27.5. The zero-order valence-corrected chi connectivity index (χ0v) is 22.0. The van der Waals surface area contributed by atoms with Crippen LogP contribution in [-0.2, 0) is 20.7 Å². The third kappa shape index (κ3) is 9.10. The SMILES string of the molecule is COCCCOc1cc(C[C@@H](C[C@H](N)[C@@H](O)CNC(=O)[C@@](C)(OC)C(F)(F)F)C(C)C)ccc1OC. The Bertz CT molecular complexity index is 808. The molecular formula is C25H41F3N2O6. The first-order chi connectivity index (χ1) is 16.8. The Morgan fingerprint density at radius 2 is 1.81 bits per heavy atom. The molecule has 0 saturated heterocycles. The van der Waals surface area contributed by atoms with E-state index in [1.165, 1.54) is 0 Å². The summed E-state index contributed by atoms with van der Waals surface area (Å²) in [7, 11) is 4.00. The summed E-state index contributed by atoms with van der Waals surface area (Å²) >= 11 is 0. The molecule has 0 aliphatic carbocycles. The molecule has 8 nitrogen and oxygen atoms in total. The molecule has 4 N–H and O–H groups in total. The van der Waals surface area contributed by atoms with E-state index in [1.807, 2.05) is 32.0 Å². The lowest BCUT2D eigenvalue weighted by Gasteiger charge is -2.31. The van der Waals surface area contributed by atoms with Gasteiger partial charge in [-0.15, -0.1) is 0 Å². The van der Waals surface area contributed by atoms with E-state index in [9.17, 15) is 23.1 Å². The molecule has 0 aromatic heterocycles. The highest BCUT2D eigenvalue weighted by molar-refractivity contribution is 5.85. The van der Waals surface area contributed by atoms with Crippen LogP contribution in [0.5, 0.6) is 11.5 Å². The Kier molecular flexibility index (Phi) is 13.0. The maximum absolute atomic E-state index is 13.2. The van der Waals surface area contributed by atoms with Crippen molar-refractivity contribution < 1.29 is 42.0 Å². The van der Waals surface area contributed by atoms with Gasteiger partial charge in [-0.3, -0.25) is 4.79 Å². The number of benzene rings is 1. The lowest BCUT2D eigenvalue weighted by molar-refractivity contribution is -0.253. The van der Waals surface area contributed by atoms with Gasteiger partial charge >= 0.3 is 6.18 Å². The Morgan fingerprint density at radius 3 is 2.33 bits per heavy atom. The molecule has 0 aliphatic rings. The van der Waals surface area contributed by atoms with E-state index in [-0.39, 0.29) is 11.8 Å². The van der Waals surface area contributed by atoms with E-state index in [2.05, 4.69) is 10.1 Å². The fourth-order valence-electron chi connectivity index (χ4n) is 3.60. The smallest absolute Gasteiger partial charge is 0.426 e. The predicted octanol–water partition coefficient (Wildman–Crippen LogP) is 3.09. The number of methoxy groups -OCH3 is 3. The summed E-state index contributed by atoms with van der Waals surface area (Å²) in [5.41, 5.74) is 4.16. The van der Waals surface area contributed by atoms with Gasteiger partial charge in [-0.2, -0.15) is 13.2 Å². The Morgan fingerprint density at radius 1 is 1.14 bits per heavy atom. The van der Waals surface area contributed by atoms with Gasteiger partial charge in [-0.1, -0.05) is 19.9 Å². The van der Waals surface area contributed by atoms with E-state index in [0.717, 1.165) is 19.1 Å². The van der Waals surface area contributed by atoms with Crippen LogP contribution in [0.25, 0.3) is 0 Å². The monoisotopic (exact) mass is 522 g/mol. The molecule has 11 heteroatoms. The molecule has 0 fully saturated rings. The molecule has 0 aliphatic heterocycles. The van der Waals surface area contributed by atoms with Crippen molar-refractivity contribution in [1.29, 1.82) is 0 Å². The van der Waals surface area contributed by atoms with Crippen LogP contribution >= 0.6 is 0 Å². The minimum Gasteiger partial charge on any atom is -0.493 e. The largest absolute Gasteiger partial charge is 0.493 e. The van der Waals surface area contributed by atoms with Gasteiger partial charge in [0.05, 0.1) is 19.8 Å². The molecule has 1 aromatic carbocycles. The highest BCUT2D eigenvalue weighted by Crippen LogP contribution is 2.33. The molecule has 0 heterocycles. The fraction of sp³-hybridized carbons (Fsp3) is 0.720. The third-order valence-electron chi connectivity index (χ3n) is 6.34. The zero-order valence-electron chi connectivity index (χ0n) is 22.0. The summed E-state index contributed by atoms with van der Waals surface area (Å²) < 4.78 is 60.2. The lowest BCUT2D eigenvalue weighted by Crippen LogP contribution is -2.58. The Labute approximate surface area is 211 Å². The molecular weight excluding hydrogens is 481 g/mol. The van der Waals surface area contributed by atoms with Gasteiger partial charge in [-0.25, -0.2) is 0 Å². The summed E-state index contributed by atoms with van der Waals surface area (Å²) in [5, 5.41) is 12.6. The number of alkyl halides is 3. The summed E-state index contributed by atoms with van der Waals surface area (Å²) in [6.45, 7) is 5.32. The fourth-order valence-corrected chi connectivity index (χ4v) is 3.60. The van der Waals surface area contributed by atoms with Crippen LogP contribution in [0.2, 0.25) is 0 Å². The van der Waals surface area contributed by atoms with Crippen LogP contribution in [0, 0.1) is 11.8 Å². The van der Waals surface area contributed by atoms with Gasteiger partial charge in [0.25, 0.3) is 5.91 Å². The maximum Gasteiger partial charge on any atom is 0.426 e. The van der Waals surface area contributed by atoms with Crippen LogP contribution in [0.15, 0.2) is 18.2 Å². The number of hydrogen-bond donors (Lipinski definition) is 3. The molecule has 1 amide bonds. The molecule has 1 rings (SSSR count). The molecule has 0 saturated carbocycles. The number of rotatable bonds is 16. The van der Waals surface area contributed by atoms with Crippen LogP contribution in [0.3, 0.4) is 0 Å². The number of halogens is 3. The lowest BCUT2D eigenvalue weighted by atomic mass is 9.83. The normalized spacial score (nSPS) is 16.2. The number of hydrogen-bond acceptors (Lipinski definition) is 7. The third-order valence-corrected chi connectivity index (χ3v) is 6.34. The molecule has 0 radical (unpaired) electrons. The van der Waals surface area contributed by atoms with E-state index >= 15 is 0 Å².